The van der Waals surface area contributed by atoms with Gasteiger partial charge in [-0.2, -0.15) is 0 Å². The first-order valence-corrected chi connectivity index (χ1v) is 27.0. The number of allylic oxidation sites excluding steroid dienone is 6. The van der Waals surface area contributed by atoms with Gasteiger partial charge in [-0.05, 0) is 51.4 Å². The van der Waals surface area contributed by atoms with Crippen LogP contribution in [0.5, 0.6) is 0 Å². The van der Waals surface area contributed by atoms with E-state index in [1.54, 1.807) is 0 Å². The van der Waals surface area contributed by atoms with E-state index in [9.17, 15) is 14.4 Å². The minimum atomic E-state index is -0.778. The molecule has 0 aliphatic rings. The zero-order chi connectivity index (χ0) is 45.1. The lowest BCUT2D eigenvalue weighted by Crippen LogP contribution is -2.30. The average Bonchev–Trinajstić information content (AvgIpc) is 3.27. The van der Waals surface area contributed by atoms with Gasteiger partial charge in [0.1, 0.15) is 13.2 Å². The predicted octanol–water partition coefficient (Wildman–Crippen LogP) is 17.7. The van der Waals surface area contributed by atoms with Gasteiger partial charge in [-0.25, -0.2) is 0 Å². The smallest absolute Gasteiger partial charge is 0.306 e. The summed E-state index contributed by atoms with van der Waals surface area (Å²) in [6.45, 7) is 6.54. The maximum absolute atomic E-state index is 12.8. The molecule has 0 bridgehead atoms. The van der Waals surface area contributed by atoms with Gasteiger partial charge in [0.05, 0.1) is 0 Å². The van der Waals surface area contributed by atoms with Crippen LogP contribution in [0.15, 0.2) is 36.5 Å². The van der Waals surface area contributed by atoms with Crippen molar-refractivity contribution in [3.63, 3.8) is 0 Å². The predicted molar refractivity (Wildman–Crippen MR) is 266 cm³/mol. The maximum Gasteiger partial charge on any atom is 0.306 e. The quantitative estimate of drug-likeness (QED) is 0.0262. The Hall–Kier alpha value is -2.37. The number of esters is 3. The number of carbonyl (C=O) groups excluding carboxylic acids is 3. The Labute approximate surface area is 385 Å². The molecule has 0 amide bonds. The van der Waals surface area contributed by atoms with Crippen LogP contribution in [-0.2, 0) is 28.6 Å². The van der Waals surface area contributed by atoms with Gasteiger partial charge < -0.3 is 14.2 Å². The first kappa shape index (κ1) is 59.6. The molecule has 0 aromatic heterocycles. The lowest BCUT2D eigenvalue weighted by atomic mass is 10.0. The van der Waals surface area contributed by atoms with Crippen LogP contribution in [0, 0.1) is 0 Å². The molecule has 0 radical (unpaired) electrons. The Kier molecular flexibility index (Phi) is 49.3. The minimum absolute atomic E-state index is 0.0769. The maximum atomic E-state index is 12.8. The summed E-state index contributed by atoms with van der Waals surface area (Å²) in [5.74, 6) is -0.884. The zero-order valence-electron chi connectivity index (χ0n) is 41.4. The van der Waals surface area contributed by atoms with E-state index in [0.717, 1.165) is 89.9 Å². The topological polar surface area (TPSA) is 78.9 Å². The van der Waals surface area contributed by atoms with Gasteiger partial charge in [-0.3, -0.25) is 14.4 Å². The normalized spacial score (nSPS) is 12.2. The third-order valence-electron chi connectivity index (χ3n) is 11.9. The number of hydrogen-bond acceptors (Lipinski definition) is 6. The molecule has 0 fully saturated rings. The lowest BCUT2D eigenvalue weighted by Gasteiger charge is -2.18. The monoisotopic (exact) mass is 871 g/mol. The van der Waals surface area contributed by atoms with Crippen molar-refractivity contribution in [3.8, 4) is 0 Å². The van der Waals surface area contributed by atoms with Crippen LogP contribution in [0.4, 0.5) is 0 Å². The summed E-state index contributed by atoms with van der Waals surface area (Å²) in [5, 5.41) is 0. The van der Waals surface area contributed by atoms with Crippen molar-refractivity contribution in [2.24, 2.45) is 0 Å². The molecule has 1 atom stereocenters. The number of ether oxygens (including phenoxy) is 3. The molecule has 0 aliphatic heterocycles. The molecule has 6 heteroatoms. The number of rotatable bonds is 49. The largest absolute Gasteiger partial charge is 0.462 e. The summed E-state index contributed by atoms with van der Waals surface area (Å²) in [4.78, 5) is 38.0. The molecule has 62 heavy (non-hydrogen) atoms. The van der Waals surface area contributed by atoms with E-state index in [1.165, 1.54) is 154 Å². The van der Waals surface area contributed by atoms with E-state index < -0.39 is 6.10 Å². The fourth-order valence-electron chi connectivity index (χ4n) is 7.87. The van der Waals surface area contributed by atoms with Crippen LogP contribution in [0.1, 0.15) is 284 Å². The third-order valence-corrected chi connectivity index (χ3v) is 11.9. The van der Waals surface area contributed by atoms with Gasteiger partial charge in [-0.15, -0.1) is 0 Å². The zero-order valence-corrected chi connectivity index (χ0v) is 41.4. The molecule has 0 saturated carbocycles. The molecule has 0 spiro atoms. The van der Waals surface area contributed by atoms with E-state index in [0.29, 0.717) is 19.3 Å². The molecule has 362 valence electrons. The molecule has 6 nitrogen and oxygen atoms in total. The molecule has 0 rings (SSSR count). The standard InChI is InChI=1S/C56H102O6/c1-4-7-10-13-16-19-22-25-28-29-32-34-37-40-43-46-49-55(58)61-52-53(62-56(59)50-47-44-41-38-35-31-27-24-21-18-15-12-9-6-3)51-60-54(57)48-45-42-39-36-33-30-26-23-20-17-14-11-8-5-2/h9,12,18,21,27,31,53H,4-8,10-11,13-17,19-20,22-26,28-30,32-52H2,1-3H3/b12-9-,21-18-,31-27-. The second kappa shape index (κ2) is 51.3. The van der Waals surface area contributed by atoms with Gasteiger partial charge in [0.15, 0.2) is 6.10 Å². The highest BCUT2D eigenvalue weighted by molar-refractivity contribution is 5.71. The van der Waals surface area contributed by atoms with E-state index in [4.69, 9.17) is 14.2 Å². The third kappa shape index (κ3) is 48.7. The fraction of sp³-hybridized carbons (Fsp3) is 0.839. The van der Waals surface area contributed by atoms with Crippen molar-refractivity contribution in [1.82, 2.24) is 0 Å². The summed E-state index contributed by atoms with van der Waals surface area (Å²) in [7, 11) is 0. The summed E-state index contributed by atoms with van der Waals surface area (Å²) in [5.41, 5.74) is 0. The SMILES string of the molecule is CC/C=C\C/C=C\C/C=C\CCCCCCC(=O)OC(COC(=O)CCCCCCCCCCCCCCCC)COC(=O)CCCCCCCCCCCCCCCCCC. The Morgan fingerprint density at radius 1 is 0.339 bits per heavy atom. The van der Waals surface area contributed by atoms with Crippen LogP contribution in [0.2, 0.25) is 0 Å². The Bertz CT molecular complexity index is 1050. The minimum Gasteiger partial charge on any atom is -0.462 e. The molecule has 0 aromatic rings. The van der Waals surface area contributed by atoms with E-state index in [1.807, 2.05) is 0 Å². The summed E-state index contributed by atoms with van der Waals surface area (Å²) in [6, 6.07) is 0. The van der Waals surface area contributed by atoms with Crippen LogP contribution in [0.3, 0.4) is 0 Å². The van der Waals surface area contributed by atoms with Gasteiger partial charge >= 0.3 is 17.9 Å². The molecule has 1 unspecified atom stereocenters. The Morgan fingerprint density at radius 2 is 0.629 bits per heavy atom. The van der Waals surface area contributed by atoms with E-state index >= 15 is 0 Å². The van der Waals surface area contributed by atoms with Gasteiger partial charge in [0, 0.05) is 19.3 Å². The molecule has 0 aliphatic carbocycles. The number of unbranched alkanes of at least 4 members (excludes halogenated alkanes) is 32. The van der Waals surface area contributed by atoms with Crippen molar-refractivity contribution in [2.75, 3.05) is 13.2 Å². The van der Waals surface area contributed by atoms with Gasteiger partial charge in [0.2, 0.25) is 0 Å². The second-order valence-corrected chi connectivity index (χ2v) is 18.1. The fourth-order valence-corrected chi connectivity index (χ4v) is 7.87. The van der Waals surface area contributed by atoms with Crippen molar-refractivity contribution in [1.29, 1.82) is 0 Å². The van der Waals surface area contributed by atoms with Crippen molar-refractivity contribution in [3.05, 3.63) is 36.5 Å². The summed E-state index contributed by atoms with van der Waals surface area (Å²) < 4.78 is 16.8. The van der Waals surface area contributed by atoms with E-state index in [-0.39, 0.29) is 31.1 Å². The first-order valence-electron chi connectivity index (χ1n) is 27.0. The van der Waals surface area contributed by atoms with Crippen LogP contribution < -0.4 is 0 Å². The highest BCUT2D eigenvalue weighted by Gasteiger charge is 2.19. The van der Waals surface area contributed by atoms with Gasteiger partial charge in [-0.1, -0.05) is 250 Å². The molecule has 0 heterocycles. The first-order chi connectivity index (χ1) is 30.5. The van der Waals surface area contributed by atoms with E-state index in [2.05, 4.69) is 57.2 Å². The highest BCUT2D eigenvalue weighted by Crippen LogP contribution is 2.16. The summed E-state index contributed by atoms with van der Waals surface area (Å²) >= 11 is 0. The van der Waals surface area contributed by atoms with Crippen LogP contribution in [0.25, 0.3) is 0 Å². The molecule has 0 N–H and O–H groups in total. The molecule has 0 aromatic carbocycles. The van der Waals surface area contributed by atoms with Gasteiger partial charge in [0.25, 0.3) is 0 Å². The molecular formula is C56H102O6. The molecular weight excluding hydrogens is 769 g/mol. The Morgan fingerprint density at radius 3 is 0.984 bits per heavy atom. The average molecular weight is 871 g/mol. The highest BCUT2D eigenvalue weighted by atomic mass is 16.6. The van der Waals surface area contributed by atoms with Crippen LogP contribution >= 0.6 is 0 Å². The van der Waals surface area contributed by atoms with Crippen molar-refractivity contribution < 1.29 is 28.6 Å². The second-order valence-electron chi connectivity index (χ2n) is 18.1. The molecule has 0 saturated heterocycles. The summed E-state index contributed by atoms with van der Waals surface area (Å²) in [6.07, 6.45) is 59.8. The number of hydrogen-bond donors (Lipinski definition) is 0. The van der Waals surface area contributed by atoms with Crippen LogP contribution in [-0.4, -0.2) is 37.2 Å². The van der Waals surface area contributed by atoms with Crippen molar-refractivity contribution >= 4 is 17.9 Å². The number of carbonyl (C=O) groups is 3. The van der Waals surface area contributed by atoms with Crippen molar-refractivity contribution in [2.45, 2.75) is 290 Å². The Balaban J connectivity index is 4.36. The lowest BCUT2D eigenvalue weighted by molar-refractivity contribution is -0.167.